The molecule has 2 saturated carbocycles. The maximum absolute atomic E-state index is 8.56. The van der Waals surface area contributed by atoms with E-state index in [1.165, 1.54) is 63.4 Å². The second-order valence-electron chi connectivity index (χ2n) is 5.24. The first-order valence-corrected chi connectivity index (χ1v) is 6.95. The standard InChI is InChI=1S/C13H23N.CH2O3/c1-11-7-5-6-10-13(11)14-12-8-3-2-4-9-12;2-1(3)4/h12-14H,1-10H2;(H2,2,3,4). The van der Waals surface area contributed by atoms with Gasteiger partial charge in [0.05, 0.1) is 0 Å². The maximum Gasteiger partial charge on any atom is 0.503 e. The molecule has 0 radical (unpaired) electrons. The molecule has 0 aliphatic heterocycles. The Labute approximate surface area is 109 Å². The third-order valence-corrected chi connectivity index (χ3v) is 3.78. The van der Waals surface area contributed by atoms with Crippen LogP contribution < -0.4 is 5.32 Å². The molecule has 104 valence electrons. The average molecular weight is 255 g/mol. The molecule has 0 aromatic carbocycles. The zero-order valence-electron chi connectivity index (χ0n) is 11.0. The predicted octanol–water partition coefficient (Wildman–Crippen LogP) is 3.63. The van der Waals surface area contributed by atoms with Crippen molar-refractivity contribution in [1.29, 1.82) is 0 Å². The topological polar surface area (TPSA) is 69.6 Å². The molecule has 0 amide bonds. The maximum atomic E-state index is 8.56. The van der Waals surface area contributed by atoms with Crippen molar-refractivity contribution < 1.29 is 15.0 Å². The molecule has 0 bridgehead atoms. The highest BCUT2D eigenvalue weighted by Gasteiger charge is 2.21. The van der Waals surface area contributed by atoms with Crippen LogP contribution in [-0.4, -0.2) is 28.5 Å². The first kappa shape index (κ1) is 15.0. The Kier molecular flexibility index (Phi) is 6.80. The van der Waals surface area contributed by atoms with E-state index in [0.717, 1.165) is 6.04 Å². The highest BCUT2D eigenvalue weighted by Crippen LogP contribution is 2.25. The molecule has 3 N–H and O–H groups in total. The smallest absolute Gasteiger partial charge is 0.450 e. The molecular formula is C14H25NO3. The molecule has 2 aliphatic carbocycles. The Balaban J connectivity index is 0.000000357. The summed E-state index contributed by atoms with van der Waals surface area (Å²) in [4.78, 5) is 8.56. The first-order chi connectivity index (χ1) is 8.59. The molecule has 4 heteroatoms. The van der Waals surface area contributed by atoms with Crippen molar-refractivity contribution in [1.82, 2.24) is 5.32 Å². The molecule has 2 aliphatic rings. The number of rotatable bonds is 2. The van der Waals surface area contributed by atoms with Crippen molar-refractivity contribution >= 4 is 6.16 Å². The van der Waals surface area contributed by atoms with Crippen LogP contribution in [0.4, 0.5) is 4.79 Å². The summed E-state index contributed by atoms with van der Waals surface area (Å²) in [6.45, 7) is 4.20. The lowest BCUT2D eigenvalue weighted by atomic mass is 9.88. The van der Waals surface area contributed by atoms with E-state index in [4.69, 9.17) is 15.0 Å². The van der Waals surface area contributed by atoms with Gasteiger partial charge in [0.25, 0.3) is 0 Å². The Morgan fingerprint density at radius 1 is 1.06 bits per heavy atom. The molecule has 0 aromatic heterocycles. The Morgan fingerprint density at radius 2 is 1.61 bits per heavy atom. The van der Waals surface area contributed by atoms with Crippen LogP contribution in [0.2, 0.25) is 0 Å². The van der Waals surface area contributed by atoms with E-state index in [2.05, 4.69) is 11.9 Å². The van der Waals surface area contributed by atoms with Crippen LogP contribution in [0, 0.1) is 0 Å². The van der Waals surface area contributed by atoms with Gasteiger partial charge in [0, 0.05) is 12.1 Å². The fourth-order valence-corrected chi connectivity index (χ4v) is 2.83. The zero-order valence-corrected chi connectivity index (χ0v) is 11.0. The molecule has 1 atom stereocenters. The van der Waals surface area contributed by atoms with Crippen LogP contribution in [0.25, 0.3) is 0 Å². The van der Waals surface area contributed by atoms with Crippen LogP contribution in [0.5, 0.6) is 0 Å². The minimum atomic E-state index is -1.83. The van der Waals surface area contributed by atoms with Crippen molar-refractivity contribution in [3.05, 3.63) is 12.2 Å². The summed E-state index contributed by atoms with van der Waals surface area (Å²) in [7, 11) is 0. The van der Waals surface area contributed by atoms with E-state index in [1.54, 1.807) is 0 Å². The number of carbonyl (C=O) groups is 1. The molecule has 0 heterocycles. The number of nitrogens with one attached hydrogen (secondary N) is 1. The van der Waals surface area contributed by atoms with E-state index < -0.39 is 6.16 Å². The SMILES string of the molecule is C=C1CCCCC1NC1CCCCC1.O=C(O)O. The summed E-state index contributed by atoms with van der Waals surface area (Å²) >= 11 is 0. The molecule has 0 saturated heterocycles. The van der Waals surface area contributed by atoms with Crippen molar-refractivity contribution in [3.8, 4) is 0 Å². The normalized spacial score (nSPS) is 25.1. The lowest BCUT2D eigenvalue weighted by Gasteiger charge is -2.32. The molecule has 18 heavy (non-hydrogen) atoms. The van der Waals surface area contributed by atoms with Gasteiger partial charge < -0.3 is 15.5 Å². The summed E-state index contributed by atoms with van der Waals surface area (Å²) in [5.74, 6) is 0. The minimum absolute atomic E-state index is 0.645. The fraction of sp³-hybridized carbons (Fsp3) is 0.786. The Bertz CT molecular complexity index is 268. The molecular weight excluding hydrogens is 230 g/mol. The summed E-state index contributed by atoms with van der Waals surface area (Å²) < 4.78 is 0. The molecule has 2 fully saturated rings. The Morgan fingerprint density at radius 3 is 2.17 bits per heavy atom. The van der Waals surface area contributed by atoms with Crippen molar-refractivity contribution in [2.75, 3.05) is 0 Å². The lowest BCUT2D eigenvalue weighted by molar-refractivity contribution is 0.137. The number of hydrogen-bond donors (Lipinski definition) is 3. The second-order valence-corrected chi connectivity index (χ2v) is 5.24. The highest BCUT2D eigenvalue weighted by atomic mass is 16.6. The third-order valence-electron chi connectivity index (χ3n) is 3.78. The van der Waals surface area contributed by atoms with Crippen LogP contribution in [-0.2, 0) is 0 Å². The molecule has 4 nitrogen and oxygen atoms in total. The zero-order chi connectivity index (χ0) is 13.4. The van der Waals surface area contributed by atoms with Gasteiger partial charge >= 0.3 is 6.16 Å². The van der Waals surface area contributed by atoms with Gasteiger partial charge in [-0.05, 0) is 32.1 Å². The van der Waals surface area contributed by atoms with Gasteiger partial charge in [0.2, 0.25) is 0 Å². The lowest BCUT2D eigenvalue weighted by Crippen LogP contribution is -2.41. The molecule has 0 aromatic rings. The molecule has 2 rings (SSSR count). The Hall–Kier alpha value is -1.03. The van der Waals surface area contributed by atoms with Crippen molar-refractivity contribution in [2.24, 2.45) is 0 Å². The van der Waals surface area contributed by atoms with Crippen LogP contribution in [0.3, 0.4) is 0 Å². The van der Waals surface area contributed by atoms with E-state index >= 15 is 0 Å². The summed E-state index contributed by atoms with van der Waals surface area (Å²) in [5, 5.41) is 17.8. The fourth-order valence-electron chi connectivity index (χ4n) is 2.83. The summed E-state index contributed by atoms with van der Waals surface area (Å²) in [6.07, 6.45) is 10.6. The van der Waals surface area contributed by atoms with Gasteiger partial charge in [0.15, 0.2) is 0 Å². The van der Waals surface area contributed by atoms with Gasteiger partial charge in [-0.1, -0.05) is 37.8 Å². The van der Waals surface area contributed by atoms with E-state index in [9.17, 15) is 0 Å². The van der Waals surface area contributed by atoms with Crippen molar-refractivity contribution in [3.63, 3.8) is 0 Å². The van der Waals surface area contributed by atoms with Gasteiger partial charge in [-0.3, -0.25) is 0 Å². The first-order valence-electron chi connectivity index (χ1n) is 6.95. The predicted molar refractivity (Wildman–Crippen MR) is 72.1 cm³/mol. The highest BCUT2D eigenvalue weighted by molar-refractivity contribution is 5.53. The van der Waals surface area contributed by atoms with E-state index in [1.807, 2.05) is 0 Å². The largest absolute Gasteiger partial charge is 0.503 e. The van der Waals surface area contributed by atoms with Crippen molar-refractivity contribution in [2.45, 2.75) is 69.9 Å². The molecule has 1 unspecified atom stereocenters. The summed E-state index contributed by atoms with van der Waals surface area (Å²) in [6, 6.07) is 1.44. The van der Waals surface area contributed by atoms with E-state index in [-0.39, 0.29) is 0 Å². The van der Waals surface area contributed by atoms with Crippen LogP contribution >= 0.6 is 0 Å². The number of carboxylic acid groups (broad SMARTS) is 2. The second kappa shape index (κ2) is 8.14. The van der Waals surface area contributed by atoms with Gasteiger partial charge in [-0.15, -0.1) is 0 Å². The van der Waals surface area contributed by atoms with E-state index in [0.29, 0.717) is 6.04 Å². The quantitative estimate of drug-likeness (QED) is 0.659. The van der Waals surface area contributed by atoms with Crippen LogP contribution in [0.15, 0.2) is 12.2 Å². The monoisotopic (exact) mass is 255 g/mol. The minimum Gasteiger partial charge on any atom is -0.450 e. The third kappa shape index (κ3) is 6.05. The van der Waals surface area contributed by atoms with Gasteiger partial charge in [-0.25, -0.2) is 4.79 Å². The van der Waals surface area contributed by atoms with Gasteiger partial charge in [-0.2, -0.15) is 0 Å². The van der Waals surface area contributed by atoms with Gasteiger partial charge in [0.1, 0.15) is 0 Å². The average Bonchev–Trinajstić information content (AvgIpc) is 2.33. The van der Waals surface area contributed by atoms with Crippen LogP contribution in [0.1, 0.15) is 57.8 Å². The number of hydrogen-bond acceptors (Lipinski definition) is 2. The summed E-state index contributed by atoms with van der Waals surface area (Å²) in [5.41, 5.74) is 1.46. The molecule has 0 spiro atoms.